The number of hydrogen-bond acceptors (Lipinski definition) is 4. The Kier molecular flexibility index (Phi) is 6.91. The maximum atomic E-state index is 4.64. The standard InChI is InChI=1S/2C15H25N3/c1-11(2)18-9-7-15(8-10-18)6-5-13-14(15)12(3)16-17(13)4;1-11(2)18-9-7-15(8-10-18)6-5-13-12(3)16-17(4)14(13)15/h2*11H,5-10H2,1-4H3. The van der Waals surface area contributed by atoms with Crippen LogP contribution in [0.3, 0.4) is 0 Å². The molecule has 2 saturated heterocycles. The highest BCUT2D eigenvalue weighted by atomic mass is 15.3. The number of piperidine rings is 2. The minimum atomic E-state index is 0.441. The molecule has 200 valence electrons. The maximum Gasteiger partial charge on any atom is 0.0634 e. The van der Waals surface area contributed by atoms with Crippen molar-refractivity contribution in [2.45, 2.75) is 116 Å². The lowest BCUT2D eigenvalue weighted by Gasteiger charge is -2.41. The first-order valence-electron chi connectivity index (χ1n) is 14.6. The fourth-order valence-electron chi connectivity index (χ4n) is 8.24. The molecular weight excluding hydrogens is 444 g/mol. The van der Waals surface area contributed by atoms with Gasteiger partial charge in [0.2, 0.25) is 0 Å². The number of fused-ring (bicyclic) bond motifs is 4. The van der Waals surface area contributed by atoms with Gasteiger partial charge in [-0.2, -0.15) is 10.2 Å². The molecule has 36 heavy (non-hydrogen) atoms. The van der Waals surface area contributed by atoms with E-state index in [1.54, 1.807) is 16.8 Å². The second-order valence-electron chi connectivity index (χ2n) is 12.9. The molecule has 0 N–H and O–H groups in total. The summed E-state index contributed by atoms with van der Waals surface area (Å²) in [6.07, 6.45) is 10.5. The van der Waals surface area contributed by atoms with E-state index in [2.05, 4.69) is 85.0 Å². The summed E-state index contributed by atoms with van der Waals surface area (Å²) >= 11 is 0. The quantitative estimate of drug-likeness (QED) is 0.600. The van der Waals surface area contributed by atoms with Crippen LogP contribution >= 0.6 is 0 Å². The highest BCUT2D eigenvalue weighted by Gasteiger charge is 2.45. The van der Waals surface area contributed by atoms with Crippen LogP contribution in [0.1, 0.15) is 100 Å². The van der Waals surface area contributed by atoms with Crippen LogP contribution in [0.15, 0.2) is 0 Å². The normalized spacial score (nSPS) is 22.9. The van der Waals surface area contributed by atoms with Gasteiger partial charge in [-0.1, -0.05) is 0 Å². The second-order valence-corrected chi connectivity index (χ2v) is 12.9. The third kappa shape index (κ3) is 4.26. The lowest BCUT2D eigenvalue weighted by molar-refractivity contribution is 0.125. The lowest BCUT2D eigenvalue weighted by Crippen LogP contribution is -2.45. The number of likely N-dealkylation sites (tertiary alicyclic amines) is 2. The molecule has 0 unspecified atom stereocenters. The summed E-state index contributed by atoms with van der Waals surface area (Å²) in [4.78, 5) is 5.24. The fourth-order valence-corrected chi connectivity index (χ4v) is 8.24. The van der Waals surface area contributed by atoms with Crippen LogP contribution in [0.4, 0.5) is 0 Å². The van der Waals surface area contributed by atoms with E-state index in [9.17, 15) is 0 Å². The zero-order valence-corrected chi connectivity index (χ0v) is 24.3. The van der Waals surface area contributed by atoms with Crippen LogP contribution in [0.25, 0.3) is 0 Å². The Morgan fingerprint density at radius 3 is 1.69 bits per heavy atom. The predicted octanol–water partition coefficient (Wildman–Crippen LogP) is 4.83. The summed E-state index contributed by atoms with van der Waals surface area (Å²) in [5.41, 5.74) is 9.66. The third-order valence-corrected chi connectivity index (χ3v) is 10.4. The van der Waals surface area contributed by atoms with Crippen molar-refractivity contribution in [2.24, 2.45) is 14.1 Å². The molecule has 4 aliphatic rings. The van der Waals surface area contributed by atoms with Crippen LogP contribution in [-0.2, 0) is 37.8 Å². The average Bonchev–Trinajstić information content (AvgIpc) is 3.55. The summed E-state index contributed by atoms with van der Waals surface area (Å²) in [6.45, 7) is 18.6. The highest BCUT2D eigenvalue weighted by molar-refractivity contribution is 5.40. The van der Waals surface area contributed by atoms with Crippen molar-refractivity contribution in [1.29, 1.82) is 0 Å². The zero-order chi connectivity index (χ0) is 25.8. The van der Waals surface area contributed by atoms with Gasteiger partial charge in [-0.25, -0.2) is 0 Å². The Labute approximate surface area is 219 Å². The molecule has 2 fully saturated rings. The van der Waals surface area contributed by atoms with Gasteiger partial charge in [0.05, 0.1) is 11.4 Å². The van der Waals surface area contributed by atoms with E-state index < -0.39 is 0 Å². The SMILES string of the molecule is Cc1nn(C)c2c1C1(CC2)CCN(C(C)C)CC1.Cc1nn(C)c2c1CCC21CCN(C(C)C)CC1. The Morgan fingerprint density at radius 1 is 0.639 bits per heavy atom. The zero-order valence-electron chi connectivity index (χ0n) is 24.3. The Bertz CT molecular complexity index is 987. The van der Waals surface area contributed by atoms with E-state index in [-0.39, 0.29) is 0 Å². The molecule has 0 amide bonds. The molecule has 6 rings (SSSR count). The van der Waals surface area contributed by atoms with E-state index in [0.717, 1.165) is 0 Å². The predicted molar refractivity (Wildman–Crippen MR) is 148 cm³/mol. The van der Waals surface area contributed by atoms with Crippen LogP contribution in [0.5, 0.6) is 0 Å². The summed E-state index contributed by atoms with van der Waals surface area (Å²) in [7, 11) is 4.24. The molecular formula is C30H50N6. The number of hydrogen-bond donors (Lipinski definition) is 0. The largest absolute Gasteiger partial charge is 0.301 e. The number of nitrogens with zero attached hydrogens (tertiary/aromatic N) is 6. The first kappa shape index (κ1) is 26.0. The van der Waals surface area contributed by atoms with Gasteiger partial charge in [0.15, 0.2) is 0 Å². The van der Waals surface area contributed by atoms with Gasteiger partial charge >= 0.3 is 0 Å². The Morgan fingerprint density at radius 2 is 1.14 bits per heavy atom. The molecule has 6 nitrogen and oxygen atoms in total. The summed E-state index contributed by atoms with van der Waals surface area (Å²) < 4.78 is 4.29. The van der Waals surface area contributed by atoms with Crippen LogP contribution in [0.2, 0.25) is 0 Å². The molecule has 2 aromatic rings. The van der Waals surface area contributed by atoms with Crippen LogP contribution < -0.4 is 0 Å². The summed E-state index contributed by atoms with van der Waals surface area (Å²) in [5.74, 6) is 0. The van der Waals surface area contributed by atoms with Crippen molar-refractivity contribution >= 4 is 0 Å². The van der Waals surface area contributed by atoms with E-state index in [4.69, 9.17) is 0 Å². The first-order valence-corrected chi connectivity index (χ1v) is 14.6. The van der Waals surface area contributed by atoms with E-state index in [0.29, 0.717) is 22.9 Å². The Hall–Kier alpha value is -1.66. The van der Waals surface area contributed by atoms with E-state index >= 15 is 0 Å². The van der Waals surface area contributed by atoms with Crippen molar-refractivity contribution in [3.8, 4) is 0 Å². The molecule has 2 aromatic heterocycles. The third-order valence-electron chi connectivity index (χ3n) is 10.4. The minimum Gasteiger partial charge on any atom is -0.301 e. The number of aryl methyl sites for hydroxylation is 4. The van der Waals surface area contributed by atoms with Gasteiger partial charge in [0.1, 0.15) is 0 Å². The van der Waals surface area contributed by atoms with Crippen LogP contribution in [-0.4, -0.2) is 67.6 Å². The minimum absolute atomic E-state index is 0.441. The van der Waals surface area contributed by atoms with Crippen molar-refractivity contribution in [3.63, 3.8) is 0 Å². The lowest BCUT2D eigenvalue weighted by atomic mass is 9.73. The molecule has 0 saturated carbocycles. The van der Waals surface area contributed by atoms with Gasteiger partial charge in [0.25, 0.3) is 0 Å². The van der Waals surface area contributed by atoms with Crippen molar-refractivity contribution in [1.82, 2.24) is 29.4 Å². The van der Waals surface area contributed by atoms with Crippen LogP contribution in [0, 0.1) is 13.8 Å². The number of aromatic nitrogens is 4. The summed E-state index contributed by atoms with van der Waals surface area (Å²) in [5, 5.41) is 9.28. The Balaban J connectivity index is 0.000000148. The molecule has 0 aromatic carbocycles. The molecule has 2 spiro atoms. The van der Waals surface area contributed by atoms with Gasteiger partial charge in [-0.3, -0.25) is 9.36 Å². The monoisotopic (exact) mass is 494 g/mol. The van der Waals surface area contributed by atoms with E-state index in [1.807, 2.05) is 0 Å². The smallest absolute Gasteiger partial charge is 0.0634 e. The van der Waals surface area contributed by atoms with Gasteiger partial charge in [-0.05, 0) is 125 Å². The maximum absolute atomic E-state index is 4.64. The molecule has 2 aliphatic carbocycles. The molecule has 2 aliphatic heterocycles. The second kappa shape index (κ2) is 9.58. The van der Waals surface area contributed by atoms with Gasteiger partial charge in [-0.15, -0.1) is 0 Å². The molecule has 0 atom stereocenters. The molecule has 0 bridgehead atoms. The molecule has 4 heterocycles. The first-order chi connectivity index (χ1) is 17.1. The average molecular weight is 495 g/mol. The molecule has 0 radical (unpaired) electrons. The fraction of sp³-hybridized carbons (Fsp3) is 0.800. The van der Waals surface area contributed by atoms with Crippen molar-refractivity contribution in [2.75, 3.05) is 26.2 Å². The van der Waals surface area contributed by atoms with Crippen molar-refractivity contribution < 1.29 is 0 Å². The number of rotatable bonds is 2. The van der Waals surface area contributed by atoms with Gasteiger partial charge in [0, 0.05) is 54.0 Å². The van der Waals surface area contributed by atoms with Crippen molar-refractivity contribution in [3.05, 3.63) is 33.9 Å². The summed E-state index contributed by atoms with van der Waals surface area (Å²) in [6, 6.07) is 1.38. The van der Waals surface area contributed by atoms with Gasteiger partial charge < -0.3 is 9.80 Å². The van der Waals surface area contributed by atoms with E-state index in [1.165, 1.54) is 94.6 Å². The topological polar surface area (TPSA) is 42.1 Å². The highest BCUT2D eigenvalue weighted by Crippen LogP contribution is 2.48. The molecule has 6 heteroatoms.